The highest BCUT2D eigenvalue weighted by Crippen LogP contribution is 2.56. The maximum absolute atomic E-state index is 14.2. The van der Waals surface area contributed by atoms with Crippen molar-refractivity contribution in [1.29, 1.82) is 0 Å². The standard InChI is InChI=1S/C29H37N3O4S/c1-37-21-14-8-11-19(17-21)31-26(33)23-22-15-16-29(36-22)24(23)28(35)32(20-12-6-3-7-13-20)25(29)27(34)30-18-9-4-2-5-10-18/h8,11,14-18,20,22-25H,2-7,9-10,12-13H2,1H3,(H,30,34)(H,31,33). The van der Waals surface area contributed by atoms with Crippen molar-refractivity contribution in [3.05, 3.63) is 36.4 Å². The first kappa shape index (κ1) is 25.0. The molecule has 5 atom stereocenters. The molecule has 0 radical (unpaired) electrons. The van der Waals surface area contributed by atoms with Gasteiger partial charge in [0.15, 0.2) is 0 Å². The van der Waals surface area contributed by atoms with Gasteiger partial charge in [0.1, 0.15) is 11.6 Å². The van der Waals surface area contributed by atoms with E-state index in [-0.39, 0.29) is 29.8 Å². The molecule has 4 fully saturated rings. The molecule has 2 saturated carbocycles. The van der Waals surface area contributed by atoms with E-state index in [9.17, 15) is 14.4 Å². The number of nitrogens with zero attached hydrogens (tertiary/aromatic N) is 1. The summed E-state index contributed by atoms with van der Waals surface area (Å²) in [6.07, 6.45) is 15.8. The van der Waals surface area contributed by atoms with E-state index in [1.54, 1.807) is 11.8 Å². The number of thioether (sulfide) groups is 1. The molecular formula is C29H37N3O4S. The van der Waals surface area contributed by atoms with Crippen molar-refractivity contribution < 1.29 is 19.1 Å². The van der Waals surface area contributed by atoms with Crippen molar-refractivity contribution in [2.75, 3.05) is 11.6 Å². The Bertz CT molecular complexity index is 1100. The van der Waals surface area contributed by atoms with Crippen LogP contribution in [0.2, 0.25) is 0 Å². The summed E-state index contributed by atoms with van der Waals surface area (Å²) < 4.78 is 6.52. The number of benzene rings is 1. The lowest BCUT2D eigenvalue weighted by Crippen LogP contribution is -2.58. The Morgan fingerprint density at radius 1 is 1.03 bits per heavy atom. The van der Waals surface area contributed by atoms with Gasteiger partial charge < -0.3 is 20.3 Å². The minimum Gasteiger partial charge on any atom is -0.359 e. The number of hydrogen-bond acceptors (Lipinski definition) is 5. The van der Waals surface area contributed by atoms with Crippen LogP contribution in [0.4, 0.5) is 5.69 Å². The number of rotatable bonds is 6. The normalized spacial score (nSPS) is 33.5. The Balaban J connectivity index is 1.31. The SMILES string of the molecule is CSc1cccc(NC(=O)C2C3C=CC4(O3)C2C(=O)N(C2CCCCC2)C4C(=O)NC2CCCCC2)c1. The number of carbonyl (C=O) groups is 3. The number of hydrogen-bond donors (Lipinski definition) is 2. The Labute approximate surface area is 223 Å². The van der Waals surface area contributed by atoms with Crippen molar-refractivity contribution in [2.45, 2.75) is 98.9 Å². The Morgan fingerprint density at radius 3 is 2.49 bits per heavy atom. The van der Waals surface area contributed by atoms with Gasteiger partial charge in [-0.3, -0.25) is 14.4 Å². The number of fused-ring (bicyclic) bond motifs is 1. The molecule has 3 heterocycles. The lowest BCUT2D eigenvalue weighted by molar-refractivity contribution is -0.144. The van der Waals surface area contributed by atoms with Crippen LogP contribution in [-0.2, 0) is 19.1 Å². The van der Waals surface area contributed by atoms with Crippen LogP contribution in [0.15, 0.2) is 41.3 Å². The van der Waals surface area contributed by atoms with Crippen LogP contribution < -0.4 is 10.6 Å². The highest BCUT2D eigenvalue weighted by atomic mass is 32.2. The van der Waals surface area contributed by atoms with Gasteiger partial charge in [-0.15, -0.1) is 11.8 Å². The summed E-state index contributed by atoms with van der Waals surface area (Å²) in [5, 5.41) is 6.33. The monoisotopic (exact) mass is 523 g/mol. The molecule has 1 spiro atoms. The second kappa shape index (κ2) is 10.1. The number of nitrogens with one attached hydrogen (secondary N) is 2. The summed E-state index contributed by atoms with van der Waals surface area (Å²) in [7, 11) is 0. The largest absolute Gasteiger partial charge is 0.359 e. The molecule has 198 valence electrons. The molecule has 0 aromatic heterocycles. The molecule has 1 aromatic rings. The quantitative estimate of drug-likeness (QED) is 0.429. The Morgan fingerprint density at radius 2 is 1.76 bits per heavy atom. The predicted octanol–water partition coefficient (Wildman–Crippen LogP) is 4.28. The number of carbonyl (C=O) groups excluding carboxylic acids is 3. The number of amides is 3. The van der Waals surface area contributed by atoms with E-state index in [1.165, 1.54) is 6.42 Å². The van der Waals surface area contributed by atoms with E-state index >= 15 is 0 Å². The molecule has 37 heavy (non-hydrogen) atoms. The van der Waals surface area contributed by atoms with Gasteiger partial charge in [-0.2, -0.15) is 0 Å². The van der Waals surface area contributed by atoms with Crippen molar-refractivity contribution in [2.24, 2.45) is 11.8 Å². The second-order valence-electron chi connectivity index (χ2n) is 11.3. The van der Waals surface area contributed by atoms with Crippen LogP contribution in [0.3, 0.4) is 0 Å². The molecule has 2 bridgehead atoms. The van der Waals surface area contributed by atoms with Crippen molar-refractivity contribution in [1.82, 2.24) is 10.2 Å². The van der Waals surface area contributed by atoms with Gasteiger partial charge in [-0.25, -0.2) is 0 Å². The zero-order valence-electron chi connectivity index (χ0n) is 21.5. The lowest BCUT2D eigenvalue weighted by Gasteiger charge is -2.39. The molecule has 2 N–H and O–H groups in total. The maximum atomic E-state index is 14.2. The van der Waals surface area contributed by atoms with E-state index in [0.29, 0.717) is 5.69 Å². The van der Waals surface area contributed by atoms with Gasteiger partial charge in [0, 0.05) is 22.7 Å². The van der Waals surface area contributed by atoms with Crippen LogP contribution in [-0.4, -0.2) is 58.7 Å². The lowest BCUT2D eigenvalue weighted by atomic mass is 9.74. The van der Waals surface area contributed by atoms with Crippen molar-refractivity contribution >= 4 is 35.2 Å². The van der Waals surface area contributed by atoms with Gasteiger partial charge in [-0.05, 0) is 50.1 Å². The van der Waals surface area contributed by atoms with Crippen molar-refractivity contribution in [3.63, 3.8) is 0 Å². The summed E-state index contributed by atoms with van der Waals surface area (Å²) in [6.45, 7) is 0. The van der Waals surface area contributed by atoms with Crippen molar-refractivity contribution in [3.8, 4) is 0 Å². The van der Waals surface area contributed by atoms with Gasteiger partial charge in [0.2, 0.25) is 17.7 Å². The highest BCUT2D eigenvalue weighted by molar-refractivity contribution is 7.98. The van der Waals surface area contributed by atoms with Gasteiger partial charge in [0.25, 0.3) is 0 Å². The summed E-state index contributed by atoms with van der Waals surface area (Å²) in [4.78, 5) is 44.7. The highest BCUT2D eigenvalue weighted by Gasteiger charge is 2.73. The minimum absolute atomic E-state index is 0.0151. The molecule has 1 aromatic carbocycles. The molecular weight excluding hydrogens is 486 g/mol. The van der Waals surface area contributed by atoms with E-state index in [0.717, 1.165) is 62.7 Å². The molecule has 5 unspecified atom stereocenters. The molecule has 2 aliphatic carbocycles. The second-order valence-corrected chi connectivity index (χ2v) is 12.2. The summed E-state index contributed by atoms with van der Waals surface area (Å²) in [5.41, 5.74) is -0.375. The Hall–Kier alpha value is -2.32. The average molecular weight is 524 g/mol. The summed E-state index contributed by atoms with van der Waals surface area (Å²) in [5.74, 6) is -1.78. The number of anilines is 1. The van der Waals surface area contributed by atoms with E-state index in [4.69, 9.17) is 4.74 Å². The first-order valence-electron chi connectivity index (χ1n) is 14.0. The fourth-order valence-corrected chi connectivity index (χ4v) is 7.87. The van der Waals surface area contributed by atoms with Crippen LogP contribution in [0.1, 0.15) is 64.2 Å². The number of ether oxygens (including phenoxy) is 1. The van der Waals surface area contributed by atoms with Gasteiger partial charge in [-0.1, -0.05) is 56.7 Å². The summed E-state index contributed by atoms with van der Waals surface area (Å²) in [6, 6.07) is 7.14. The van der Waals surface area contributed by atoms with E-state index in [2.05, 4.69) is 10.6 Å². The smallest absolute Gasteiger partial charge is 0.246 e. The Kier molecular flexibility index (Phi) is 6.82. The predicted molar refractivity (Wildman–Crippen MR) is 143 cm³/mol. The summed E-state index contributed by atoms with van der Waals surface area (Å²) >= 11 is 1.61. The number of likely N-dealkylation sites (tertiary alicyclic amines) is 1. The third-order valence-electron chi connectivity index (χ3n) is 9.12. The fraction of sp³-hybridized carbons (Fsp3) is 0.621. The van der Waals surface area contributed by atoms with E-state index < -0.39 is 29.6 Å². The zero-order chi connectivity index (χ0) is 25.6. The third-order valence-corrected chi connectivity index (χ3v) is 9.85. The minimum atomic E-state index is -1.08. The first-order chi connectivity index (χ1) is 18.0. The molecule has 5 aliphatic rings. The molecule has 6 rings (SSSR count). The average Bonchev–Trinajstić information content (AvgIpc) is 3.57. The third kappa shape index (κ3) is 4.30. The first-order valence-corrected chi connectivity index (χ1v) is 15.2. The van der Waals surface area contributed by atoms with Crippen LogP contribution in [0, 0.1) is 11.8 Å². The van der Waals surface area contributed by atoms with Gasteiger partial charge in [0.05, 0.1) is 17.9 Å². The maximum Gasteiger partial charge on any atom is 0.246 e. The van der Waals surface area contributed by atoms with E-state index in [1.807, 2.05) is 47.6 Å². The molecule has 3 amide bonds. The van der Waals surface area contributed by atoms with Crippen LogP contribution in [0.5, 0.6) is 0 Å². The topological polar surface area (TPSA) is 87.7 Å². The zero-order valence-corrected chi connectivity index (χ0v) is 22.3. The van der Waals surface area contributed by atoms with Gasteiger partial charge >= 0.3 is 0 Å². The van der Waals surface area contributed by atoms with Crippen LogP contribution in [0.25, 0.3) is 0 Å². The molecule has 8 heteroatoms. The van der Waals surface area contributed by atoms with Crippen LogP contribution >= 0.6 is 11.8 Å². The molecule has 2 saturated heterocycles. The fourth-order valence-electron chi connectivity index (χ4n) is 7.41. The molecule has 3 aliphatic heterocycles. The molecule has 7 nitrogen and oxygen atoms in total.